The standard InChI is InChI=1S/C28H27ClF2N2O3/c29-25-20(30)13-22-19(14-28(36-22,10-4-5-11-32)15-6-2-1-3-7-15)23(25)24-18(27(33)35)12-17-16(26(24)31)8-9-21(17)34/h1-3,6-7,12-13,21,34H,4-5,8-11,14,32H2,(H2,33,35). The quantitative estimate of drug-likeness (QED) is 0.373. The van der Waals surface area contributed by atoms with Crippen LogP contribution in [0.15, 0.2) is 42.5 Å². The molecule has 5 nitrogen and oxygen atoms in total. The summed E-state index contributed by atoms with van der Waals surface area (Å²) in [5.74, 6) is -2.14. The average Bonchev–Trinajstić information content (AvgIpc) is 3.42. The van der Waals surface area contributed by atoms with Crippen molar-refractivity contribution in [2.45, 2.75) is 50.2 Å². The highest BCUT2D eigenvalue weighted by Gasteiger charge is 2.44. The number of carbonyl (C=O) groups is 1. The molecule has 36 heavy (non-hydrogen) atoms. The second-order valence-corrected chi connectivity index (χ2v) is 9.89. The van der Waals surface area contributed by atoms with Gasteiger partial charge in [-0.05, 0) is 61.4 Å². The number of primary amides is 1. The van der Waals surface area contributed by atoms with E-state index in [1.54, 1.807) is 0 Å². The van der Waals surface area contributed by atoms with Crippen LogP contribution in [0.1, 0.15) is 64.4 Å². The molecule has 0 radical (unpaired) electrons. The van der Waals surface area contributed by atoms with Crippen molar-refractivity contribution in [2.75, 3.05) is 6.54 Å². The average molecular weight is 513 g/mol. The first-order valence-electron chi connectivity index (χ1n) is 12.1. The van der Waals surface area contributed by atoms with Gasteiger partial charge in [0.2, 0.25) is 5.91 Å². The molecule has 1 heterocycles. The third kappa shape index (κ3) is 3.95. The Labute approximate surface area is 213 Å². The molecule has 0 saturated carbocycles. The molecule has 3 aromatic carbocycles. The summed E-state index contributed by atoms with van der Waals surface area (Å²) in [6.07, 6.45) is 2.16. The zero-order valence-electron chi connectivity index (χ0n) is 19.6. The van der Waals surface area contributed by atoms with Crippen LogP contribution in [-0.2, 0) is 18.4 Å². The van der Waals surface area contributed by atoms with Crippen molar-refractivity contribution >= 4 is 17.5 Å². The molecule has 5 N–H and O–H groups in total. The van der Waals surface area contributed by atoms with Gasteiger partial charge in [0.25, 0.3) is 0 Å². The summed E-state index contributed by atoms with van der Waals surface area (Å²) in [4.78, 5) is 12.5. The largest absolute Gasteiger partial charge is 0.482 e. The van der Waals surface area contributed by atoms with Gasteiger partial charge in [-0.3, -0.25) is 4.79 Å². The molecular formula is C28H27ClF2N2O3. The van der Waals surface area contributed by atoms with Gasteiger partial charge in [-0.15, -0.1) is 0 Å². The molecule has 0 fully saturated rings. The molecule has 0 bridgehead atoms. The van der Waals surface area contributed by atoms with Gasteiger partial charge in [-0.25, -0.2) is 8.78 Å². The number of fused-ring (bicyclic) bond motifs is 2. The molecule has 0 spiro atoms. The number of unbranched alkanes of at least 4 members (excludes halogenated alkanes) is 1. The number of aliphatic hydroxyl groups excluding tert-OH is 1. The maximum atomic E-state index is 16.0. The van der Waals surface area contributed by atoms with Gasteiger partial charge in [-0.2, -0.15) is 0 Å². The van der Waals surface area contributed by atoms with E-state index in [0.29, 0.717) is 36.9 Å². The summed E-state index contributed by atoms with van der Waals surface area (Å²) >= 11 is 6.49. The fourth-order valence-corrected chi connectivity index (χ4v) is 5.84. The molecule has 2 aliphatic rings. The molecule has 1 aliphatic carbocycles. The Hall–Kier alpha value is -3.00. The van der Waals surface area contributed by atoms with E-state index in [0.717, 1.165) is 18.4 Å². The summed E-state index contributed by atoms with van der Waals surface area (Å²) in [5, 5.41) is 9.99. The number of hydrogen-bond donors (Lipinski definition) is 3. The first-order valence-corrected chi connectivity index (χ1v) is 12.4. The van der Waals surface area contributed by atoms with Crippen LogP contribution in [0.3, 0.4) is 0 Å². The predicted molar refractivity (Wildman–Crippen MR) is 134 cm³/mol. The zero-order valence-corrected chi connectivity index (χ0v) is 20.4. The van der Waals surface area contributed by atoms with Crippen LogP contribution in [0.25, 0.3) is 11.1 Å². The lowest BCUT2D eigenvalue weighted by Gasteiger charge is -2.29. The lowest BCUT2D eigenvalue weighted by atomic mass is 9.82. The predicted octanol–water partition coefficient (Wildman–Crippen LogP) is 5.32. The molecule has 8 heteroatoms. The van der Waals surface area contributed by atoms with Gasteiger partial charge in [-0.1, -0.05) is 41.9 Å². The number of hydrogen-bond acceptors (Lipinski definition) is 4. The van der Waals surface area contributed by atoms with Crippen LogP contribution in [0, 0.1) is 11.6 Å². The van der Waals surface area contributed by atoms with Gasteiger partial charge in [0.15, 0.2) is 0 Å². The van der Waals surface area contributed by atoms with E-state index in [1.807, 2.05) is 30.3 Å². The summed E-state index contributed by atoms with van der Waals surface area (Å²) < 4.78 is 37.7. The molecular weight excluding hydrogens is 486 g/mol. The highest BCUT2D eigenvalue weighted by Crippen LogP contribution is 2.52. The number of aliphatic hydroxyl groups is 1. The Morgan fingerprint density at radius 3 is 2.58 bits per heavy atom. The Kier molecular flexibility index (Phi) is 6.49. The van der Waals surface area contributed by atoms with Crippen molar-refractivity contribution in [1.29, 1.82) is 0 Å². The molecule has 1 aliphatic heterocycles. The van der Waals surface area contributed by atoms with Crippen LogP contribution in [-0.4, -0.2) is 17.6 Å². The van der Waals surface area contributed by atoms with Gasteiger partial charge >= 0.3 is 0 Å². The van der Waals surface area contributed by atoms with Crippen LogP contribution in [0.2, 0.25) is 5.02 Å². The Bertz CT molecular complexity index is 1350. The highest BCUT2D eigenvalue weighted by atomic mass is 35.5. The van der Waals surface area contributed by atoms with Crippen molar-refractivity contribution in [3.8, 4) is 16.9 Å². The minimum absolute atomic E-state index is 0.0683. The maximum Gasteiger partial charge on any atom is 0.249 e. The third-order valence-electron chi connectivity index (χ3n) is 7.33. The molecule has 0 saturated heterocycles. The monoisotopic (exact) mass is 512 g/mol. The summed E-state index contributed by atoms with van der Waals surface area (Å²) in [6.45, 7) is 0.525. The zero-order chi connectivity index (χ0) is 25.6. The lowest BCUT2D eigenvalue weighted by molar-refractivity contribution is 0.0793. The van der Waals surface area contributed by atoms with Crippen LogP contribution in [0.4, 0.5) is 8.78 Å². The van der Waals surface area contributed by atoms with Crippen LogP contribution < -0.4 is 16.2 Å². The van der Waals surface area contributed by atoms with Gasteiger partial charge in [0.1, 0.15) is 23.0 Å². The number of amides is 1. The highest BCUT2D eigenvalue weighted by molar-refractivity contribution is 6.34. The number of nitrogens with two attached hydrogens (primary N) is 2. The minimum atomic E-state index is -0.896. The third-order valence-corrected chi connectivity index (χ3v) is 7.70. The molecule has 2 atom stereocenters. The molecule has 188 valence electrons. The minimum Gasteiger partial charge on any atom is -0.482 e. The molecule has 1 amide bonds. The van der Waals surface area contributed by atoms with E-state index in [-0.39, 0.29) is 39.4 Å². The molecule has 3 aromatic rings. The Balaban J connectivity index is 1.73. The van der Waals surface area contributed by atoms with Crippen molar-refractivity contribution in [3.05, 3.63) is 86.9 Å². The fourth-order valence-electron chi connectivity index (χ4n) is 5.58. The summed E-state index contributed by atoms with van der Waals surface area (Å²) in [7, 11) is 0. The fraction of sp³-hybridized carbons (Fsp3) is 0.321. The van der Waals surface area contributed by atoms with Crippen molar-refractivity contribution in [1.82, 2.24) is 0 Å². The van der Waals surface area contributed by atoms with E-state index in [4.69, 9.17) is 27.8 Å². The summed E-state index contributed by atoms with van der Waals surface area (Å²) in [5.41, 5.74) is 12.3. The van der Waals surface area contributed by atoms with Crippen molar-refractivity contribution in [2.24, 2.45) is 11.5 Å². The van der Waals surface area contributed by atoms with Gasteiger partial charge < -0.3 is 21.3 Å². The maximum absolute atomic E-state index is 16.0. The van der Waals surface area contributed by atoms with Crippen molar-refractivity contribution in [3.63, 3.8) is 0 Å². The van der Waals surface area contributed by atoms with Crippen LogP contribution in [0.5, 0.6) is 5.75 Å². The first-order chi connectivity index (χ1) is 17.3. The second kappa shape index (κ2) is 9.47. The van der Waals surface area contributed by atoms with E-state index in [9.17, 15) is 9.90 Å². The lowest BCUT2D eigenvalue weighted by Crippen LogP contribution is -2.31. The van der Waals surface area contributed by atoms with Crippen LogP contribution >= 0.6 is 11.6 Å². The van der Waals surface area contributed by atoms with E-state index in [1.165, 1.54) is 12.1 Å². The number of halogens is 3. The van der Waals surface area contributed by atoms with Gasteiger partial charge in [0, 0.05) is 29.2 Å². The van der Waals surface area contributed by atoms with E-state index in [2.05, 4.69) is 0 Å². The first kappa shape index (κ1) is 24.7. The molecule has 0 aromatic heterocycles. The van der Waals surface area contributed by atoms with Crippen molar-refractivity contribution < 1.29 is 23.4 Å². The van der Waals surface area contributed by atoms with E-state index < -0.39 is 29.2 Å². The number of ether oxygens (including phenoxy) is 1. The Morgan fingerprint density at radius 1 is 1.14 bits per heavy atom. The topological polar surface area (TPSA) is 98.6 Å². The summed E-state index contributed by atoms with van der Waals surface area (Å²) in [6, 6.07) is 12.2. The van der Waals surface area contributed by atoms with E-state index >= 15 is 8.78 Å². The second-order valence-electron chi connectivity index (χ2n) is 9.51. The number of benzene rings is 3. The smallest absolute Gasteiger partial charge is 0.249 e. The van der Waals surface area contributed by atoms with Gasteiger partial charge in [0.05, 0.1) is 16.7 Å². The molecule has 2 unspecified atom stereocenters. The number of rotatable bonds is 7. The number of carbonyl (C=O) groups excluding carboxylic acids is 1. The molecule has 5 rings (SSSR count). The Morgan fingerprint density at radius 2 is 1.89 bits per heavy atom. The normalized spacial score (nSPS) is 20.2. The SMILES string of the molecule is NCCCCC1(c2ccccc2)Cc2c(cc(F)c(Cl)c2-c2c(C(N)=O)cc3c(c2F)CCC3O)O1.